The van der Waals surface area contributed by atoms with Crippen LogP contribution in [-0.4, -0.2) is 26.5 Å². The van der Waals surface area contributed by atoms with Gasteiger partial charge in [0.05, 0.1) is 5.25 Å². The number of hydrogen-bond donors (Lipinski definition) is 1. The highest BCUT2D eigenvalue weighted by Crippen LogP contribution is 2.40. The highest BCUT2D eigenvalue weighted by Gasteiger charge is 2.31. The minimum atomic E-state index is -2.87. The molecule has 2 aliphatic rings. The maximum atomic E-state index is 11.8. The van der Waals surface area contributed by atoms with Gasteiger partial charge < -0.3 is 5.32 Å². The van der Waals surface area contributed by atoms with Crippen molar-refractivity contribution in [2.45, 2.75) is 49.7 Å². The third-order valence-corrected chi connectivity index (χ3v) is 6.81. The van der Waals surface area contributed by atoms with Gasteiger partial charge >= 0.3 is 0 Å². The molecule has 1 aliphatic carbocycles. The summed E-state index contributed by atoms with van der Waals surface area (Å²) in [5.74, 6) is 1.15. The Morgan fingerprint density at radius 2 is 2.00 bits per heavy atom. The van der Waals surface area contributed by atoms with E-state index in [9.17, 15) is 8.42 Å². The van der Waals surface area contributed by atoms with Crippen LogP contribution >= 0.6 is 0 Å². The van der Waals surface area contributed by atoms with Gasteiger partial charge in [-0.15, -0.1) is 0 Å². The molecule has 0 bridgehead atoms. The standard InChI is InChI=1S/C17H25NO2S/c1-21(19,20)15-6-4-5-13(12-15)11-14-9-10-18-17-8-3-2-7-16(14)17/h2-3,7-8,13-15,18H,4-6,9-12H2,1H3. The Hall–Kier alpha value is -1.03. The second-order valence-electron chi connectivity index (χ2n) is 6.72. The molecule has 3 unspecified atom stereocenters. The van der Waals surface area contributed by atoms with Crippen molar-refractivity contribution in [1.29, 1.82) is 0 Å². The van der Waals surface area contributed by atoms with E-state index in [1.807, 2.05) is 0 Å². The van der Waals surface area contributed by atoms with Gasteiger partial charge in [0.15, 0.2) is 0 Å². The van der Waals surface area contributed by atoms with E-state index in [0.29, 0.717) is 11.8 Å². The first-order valence-electron chi connectivity index (χ1n) is 8.05. The average Bonchev–Trinajstić information content (AvgIpc) is 2.47. The zero-order valence-electron chi connectivity index (χ0n) is 12.7. The minimum Gasteiger partial charge on any atom is -0.385 e. The summed E-state index contributed by atoms with van der Waals surface area (Å²) in [6.45, 7) is 1.03. The van der Waals surface area contributed by atoms with Crippen LogP contribution in [0.1, 0.15) is 50.0 Å². The van der Waals surface area contributed by atoms with E-state index < -0.39 is 9.84 Å². The van der Waals surface area contributed by atoms with Gasteiger partial charge in [-0.05, 0) is 49.1 Å². The van der Waals surface area contributed by atoms with Gasteiger partial charge in [0.1, 0.15) is 9.84 Å². The van der Waals surface area contributed by atoms with Gasteiger partial charge in [-0.25, -0.2) is 8.42 Å². The average molecular weight is 307 g/mol. The largest absolute Gasteiger partial charge is 0.385 e. The van der Waals surface area contributed by atoms with Crippen LogP contribution in [0.4, 0.5) is 5.69 Å². The first kappa shape index (κ1) is 14.9. The van der Waals surface area contributed by atoms with Gasteiger partial charge in [0, 0.05) is 18.5 Å². The van der Waals surface area contributed by atoms with Crippen LogP contribution < -0.4 is 5.32 Å². The molecule has 1 heterocycles. The van der Waals surface area contributed by atoms with Crippen molar-refractivity contribution in [1.82, 2.24) is 0 Å². The van der Waals surface area contributed by atoms with E-state index in [2.05, 4.69) is 29.6 Å². The van der Waals surface area contributed by atoms with Crippen molar-refractivity contribution in [2.24, 2.45) is 5.92 Å². The second-order valence-corrected chi connectivity index (χ2v) is 9.05. The van der Waals surface area contributed by atoms with E-state index in [1.54, 1.807) is 0 Å². The number of nitrogens with one attached hydrogen (secondary N) is 1. The summed E-state index contributed by atoms with van der Waals surface area (Å²) >= 11 is 0. The number of benzene rings is 1. The maximum Gasteiger partial charge on any atom is 0.150 e. The quantitative estimate of drug-likeness (QED) is 0.928. The number of rotatable bonds is 3. The third-order valence-electron chi connectivity index (χ3n) is 5.17. The topological polar surface area (TPSA) is 46.2 Å². The fourth-order valence-electron chi connectivity index (χ4n) is 4.04. The van der Waals surface area contributed by atoms with Crippen molar-refractivity contribution >= 4 is 15.5 Å². The zero-order chi connectivity index (χ0) is 14.9. The van der Waals surface area contributed by atoms with Gasteiger partial charge in [-0.3, -0.25) is 0 Å². The minimum absolute atomic E-state index is 0.104. The van der Waals surface area contributed by atoms with Crippen LogP contribution in [0.15, 0.2) is 24.3 Å². The molecule has 1 fully saturated rings. The molecule has 0 aromatic heterocycles. The molecule has 0 spiro atoms. The molecule has 0 amide bonds. The van der Waals surface area contributed by atoms with Crippen molar-refractivity contribution in [3.05, 3.63) is 29.8 Å². The summed E-state index contributed by atoms with van der Waals surface area (Å²) in [6, 6.07) is 8.57. The predicted octanol–water partition coefficient (Wildman–Crippen LogP) is 3.58. The molecule has 1 aliphatic heterocycles. The lowest BCUT2D eigenvalue weighted by Crippen LogP contribution is -2.29. The maximum absolute atomic E-state index is 11.8. The number of para-hydroxylation sites is 1. The van der Waals surface area contributed by atoms with E-state index in [0.717, 1.165) is 38.6 Å². The van der Waals surface area contributed by atoms with E-state index in [-0.39, 0.29) is 5.25 Å². The number of sulfone groups is 1. The summed E-state index contributed by atoms with van der Waals surface area (Å²) in [6.07, 6.45) is 7.69. The fraction of sp³-hybridized carbons (Fsp3) is 0.647. The molecule has 1 aromatic carbocycles. The van der Waals surface area contributed by atoms with Crippen LogP contribution in [-0.2, 0) is 9.84 Å². The Bertz CT molecular complexity index is 597. The molecule has 1 aromatic rings. The van der Waals surface area contributed by atoms with Gasteiger partial charge in [0.25, 0.3) is 0 Å². The normalized spacial score (nSPS) is 29.5. The summed E-state index contributed by atoms with van der Waals surface area (Å²) in [5, 5.41) is 3.36. The molecular weight excluding hydrogens is 282 g/mol. The smallest absolute Gasteiger partial charge is 0.150 e. The molecule has 3 rings (SSSR count). The molecule has 3 nitrogen and oxygen atoms in total. The molecule has 0 radical (unpaired) electrons. The van der Waals surface area contributed by atoms with Crippen LogP contribution in [0.25, 0.3) is 0 Å². The lowest BCUT2D eigenvalue weighted by atomic mass is 9.78. The molecular formula is C17H25NO2S. The van der Waals surface area contributed by atoms with Crippen molar-refractivity contribution < 1.29 is 8.42 Å². The highest BCUT2D eigenvalue weighted by molar-refractivity contribution is 7.91. The molecule has 0 saturated heterocycles. The Morgan fingerprint density at radius 1 is 1.19 bits per heavy atom. The summed E-state index contributed by atoms with van der Waals surface area (Å²) in [5.41, 5.74) is 2.69. The summed E-state index contributed by atoms with van der Waals surface area (Å²) in [4.78, 5) is 0. The molecule has 1 N–H and O–H groups in total. The lowest BCUT2D eigenvalue weighted by Gasteiger charge is -2.33. The Balaban J connectivity index is 1.70. The molecule has 4 heteroatoms. The van der Waals surface area contributed by atoms with Crippen LogP contribution in [0.3, 0.4) is 0 Å². The predicted molar refractivity (Wildman–Crippen MR) is 87.5 cm³/mol. The van der Waals surface area contributed by atoms with Gasteiger partial charge in [0.2, 0.25) is 0 Å². The van der Waals surface area contributed by atoms with Crippen LogP contribution in [0.5, 0.6) is 0 Å². The van der Waals surface area contributed by atoms with E-state index in [4.69, 9.17) is 0 Å². The molecule has 116 valence electrons. The van der Waals surface area contributed by atoms with Gasteiger partial charge in [-0.1, -0.05) is 31.0 Å². The van der Waals surface area contributed by atoms with Crippen molar-refractivity contribution in [3.63, 3.8) is 0 Å². The lowest BCUT2D eigenvalue weighted by molar-refractivity contribution is 0.313. The van der Waals surface area contributed by atoms with Crippen molar-refractivity contribution in [2.75, 3.05) is 18.1 Å². The number of anilines is 1. The molecule has 1 saturated carbocycles. The van der Waals surface area contributed by atoms with Crippen LogP contribution in [0, 0.1) is 5.92 Å². The van der Waals surface area contributed by atoms with Crippen molar-refractivity contribution in [3.8, 4) is 0 Å². The van der Waals surface area contributed by atoms with E-state index >= 15 is 0 Å². The second kappa shape index (κ2) is 5.99. The van der Waals surface area contributed by atoms with E-state index in [1.165, 1.54) is 23.9 Å². The third kappa shape index (κ3) is 3.42. The highest BCUT2D eigenvalue weighted by atomic mass is 32.2. The first-order chi connectivity index (χ1) is 10.0. The Morgan fingerprint density at radius 3 is 2.81 bits per heavy atom. The Kier molecular flexibility index (Phi) is 4.25. The van der Waals surface area contributed by atoms with Gasteiger partial charge in [-0.2, -0.15) is 0 Å². The first-order valence-corrected chi connectivity index (χ1v) is 10.0. The SMILES string of the molecule is CS(=O)(=O)C1CCCC(CC2CCNc3ccccc32)C1. The Labute approximate surface area is 128 Å². The fourth-order valence-corrected chi connectivity index (χ4v) is 5.26. The zero-order valence-corrected chi connectivity index (χ0v) is 13.5. The number of hydrogen-bond acceptors (Lipinski definition) is 3. The molecule has 21 heavy (non-hydrogen) atoms. The summed E-state index contributed by atoms with van der Waals surface area (Å²) in [7, 11) is -2.87. The monoisotopic (exact) mass is 307 g/mol. The number of fused-ring (bicyclic) bond motifs is 1. The van der Waals surface area contributed by atoms with Crippen LogP contribution in [0.2, 0.25) is 0 Å². The molecule has 3 atom stereocenters. The summed E-state index contributed by atoms with van der Waals surface area (Å²) < 4.78 is 23.6.